The average molecular weight is 135 g/mol. The van der Waals surface area contributed by atoms with Gasteiger partial charge in [0.05, 0.1) is 6.10 Å². The van der Waals surface area contributed by atoms with E-state index in [9.17, 15) is 0 Å². The number of rotatable bonds is 4. The second-order valence-electron chi connectivity index (χ2n) is 1.94. The van der Waals surface area contributed by atoms with Crippen LogP contribution in [0.4, 0.5) is 0 Å². The molecular formula is C5H13NO3. The summed E-state index contributed by atoms with van der Waals surface area (Å²) in [7, 11) is 0. The van der Waals surface area contributed by atoms with Gasteiger partial charge in [0.15, 0.2) is 0 Å². The summed E-state index contributed by atoms with van der Waals surface area (Å²) in [5.74, 6) is 0. The van der Waals surface area contributed by atoms with E-state index < -0.39 is 6.10 Å². The van der Waals surface area contributed by atoms with Crippen LogP contribution in [0.2, 0.25) is 0 Å². The number of aliphatic hydroxyl groups excluding tert-OH is 1. The lowest BCUT2D eigenvalue weighted by atomic mass is 10.1. The third kappa shape index (κ3) is 3.42. The van der Waals surface area contributed by atoms with Crippen LogP contribution in [0.25, 0.3) is 0 Å². The van der Waals surface area contributed by atoms with Crippen LogP contribution in [-0.4, -0.2) is 29.1 Å². The van der Waals surface area contributed by atoms with Gasteiger partial charge in [-0.1, -0.05) is 6.92 Å². The molecule has 0 fully saturated rings. The zero-order valence-corrected chi connectivity index (χ0v) is 5.45. The van der Waals surface area contributed by atoms with Gasteiger partial charge in [-0.05, 0) is 6.42 Å². The molecule has 4 N–H and O–H groups in total. The lowest BCUT2D eigenvalue weighted by Gasteiger charge is -2.14. The molecule has 0 aliphatic carbocycles. The fraction of sp³-hybridized carbons (Fsp3) is 1.00. The van der Waals surface area contributed by atoms with Crippen LogP contribution in [0.5, 0.6) is 0 Å². The molecule has 0 aliphatic heterocycles. The lowest BCUT2D eigenvalue weighted by molar-refractivity contribution is -0.258. The molecule has 0 heterocycles. The molecule has 0 unspecified atom stereocenters. The third-order valence-corrected chi connectivity index (χ3v) is 1.21. The van der Waals surface area contributed by atoms with Gasteiger partial charge in [-0.25, -0.2) is 4.89 Å². The summed E-state index contributed by atoms with van der Waals surface area (Å²) in [5, 5.41) is 16.8. The molecule has 0 amide bonds. The molecule has 0 radical (unpaired) electrons. The molecule has 0 aromatic rings. The first-order chi connectivity index (χ1) is 4.22. The van der Waals surface area contributed by atoms with Gasteiger partial charge in [-0.3, -0.25) is 5.26 Å². The second kappa shape index (κ2) is 4.69. The smallest absolute Gasteiger partial charge is 0.109 e. The van der Waals surface area contributed by atoms with Crippen molar-refractivity contribution in [2.24, 2.45) is 5.73 Å². The Kier molecular flexibility index (Phi) is 4.61. The second-order valence-corrected chi connectivity index (χ2v) is 1.94. The summed E-state index contributed by atoms with van der Waals surface area (Å²) < 4.78 is 0. The monoisotopic (exact) mass is 135 g/mol. The van der Waals surface area contributed by atoms with E-state index in [2.05, 4.69) is 4.89 Å². The van der Waals surface area contributed by atoms with Crippen molar-refractivity contribution in [3.8, 4) is 0 Å². The van der Waals surface area contributed by atoms with E-state index in [1.807, 2.05) is 6.92 Å². The summed E-state index contributed by atoms with van der Waals surface area (Å²) in [4.78, 5) is 3.70. The van der Waals surface area contributed by atoms with Crippen molar-refractivity contribution in [3.05, 3.63) is 0 Å². The molecule has 4 heteroatoms. The van der Waals surface area contributed by atoms with Gasteiger partial charge in [0.25, 0.3) is 0 Å². The first kappa shape index (κ1) is 8.84. The number of hydrogen-bond donors (Lipinski definition) is 3. The largest absolute Gasteiger partial charge is 0.389 e. The molecule has 9 heavy (non-hydrogen) atoms. The molecular weight excluding hydrogens is 122 g/mol. The standard InChI is InChI=1S/C5H13NO3/c1-2-4(6)5(7)3-9-8/h4-5,7-8H,2-3,6H2,1H3/t4-,5+/m0/s1. The van der Waals surface area contributed by atoms with Crippen molar-refractivity contribution in [1.82, 2.24) is 0 Å². The third-order valence-electron chi connectivity index (χ3n) is 1.21. The fourth-order valence-corrected chi connectivity index (χ4v) is 0.472. The van der Waals surface area contributed by atoms with Crippen LogP contribution < -0.4 is 5.73 Å². The fourth-order valence-electron chi connectivity index (χ4n) is 0.472. The Balaban J connectivity index is 3.32. The van der Waals surface area contributed by atoms with Crippen molar-refractivity contribution in [2.75, 3.05) is 6.61 Å². The maximum Gasteiger partial charge on any atom is 0.109 e. The van der Waals surface area contributed by atoms with Gasteiger partial charge < -0.3 is 10.8 Å². The van der Waals surface area contributed by atoms with E-state index in [0.29, 0.717) is 6.42 Å². The molecule has 0 aromatic carbocycles. The maximum atomic E-state index is 8.91. The number of hydrogen-bond acceptors (Lipinski definition) is 4. The summed E-state index contributed by atoms with van der Waals surface area (Å²) in [6, 6.07) is -0.308. The van der Waals surface area contributed by atoms with Crippen LogP contribution >= 0.6 is 0 Å². The average Bonchev–Trinajstić information content (AvgIpc) is 1.87. The Labute approximate surface area is 54.2 Å². The highest BCUT2D eigenvalue weighted by atomic mass is 17.1. The van der Waals surface area contributed by atoms with Crippen LogP contribution in [0.3, 0.4) is 0 Å². The molecule has 0 saturated carbocycles. The van der Waals surface area contributed by atoms with Gasteiger partial charge in [0.2, 0.25) is 0 Å². The van der Waals surface area contributed by atoms with Crippen LogP contribution in [0, 0.1) is 0 Å². The highest BCUT2D eigenvalue weighted by Gasteiger charge is 2.11. The molecule has 0 rings (SSSR count). The Morgan fingerprint density at radius 3 is 2.56 bits per heavy atom. The highest BCUT2D eigenvalue weighted by molar-refractivity contribution is 4.68. The molecule has 0 bridgehead atoms. The Hall–Kier alpha value is -0.160. The minimum absolute atomic E-state index is 0.116. The predicted octanol–water partition coefficient (Wildman–Crippen LogP) is -0.426. The Morgan fingerprint density at radius 1 is 1.67 bits per heavy atom. The predicted molar refractivity (Wildman–Crippen MR) is 32.9 cm³/mol. The van der Waals surface area contributed by atoms with E-state index >= 15 is 0 Å². The first-order valence-electron chi connectivity index (χ1n) is 2.92. The van der Waals surface area contributed by atoms with E-state index in [4.69, 9.17) is 16.1 Å². The topological polar surface area (TPSA) is 75.7 Å². The first-order valence-corrected chi connectivity index (χ1v) is 2.92. The zero-order valence-electron chi connectivity index (χ0n) is 5.45. The molecule has 0 aliphatic rings. The number of aliphatic hydroxyl groups is 1. The van der Waals surface area contributed by atoms with Gasteiger partial charge in [0, 0.05) is 6.04 Å². The van der Waals surface area contributed by atoms with Crippen molar-refractivity contribution in [3.63, 3.8) is 0 Å². The summed E-state index contributed by atoms with van der Waals surface area (Å²) in [5.41, 5.74) is 5.36. The summed E-state index contributed by atoms with van der Waals surface area (Å²) >= 11 is 0. The van der Waals surface area contributed by atoms with E-state index in [1.165, 1.54) is 0 Å². The minimum atomic E-state index is -0.764. The van der Waals surface area contributed by atoms with Crippen molar-refractivity contribution in [2.45, 2.75) is 25.5 Å². The molecule has 2 atom stereocenters. The molecule has 0 spiro atoms. The molecule has 0 saturated heterocycles. The normalized spacial score (nSPS) is 17.3. The van der Waals surface area contributed by atoms with E-state index in [-0.39, 0.29) is 12.6 Å². The van der Waals surface area contributed by atoms with Crippen molar-refractivity contribution >= 4 is 0 Å². The van der Waals surface area contributed by atoms with Gasteiger partial charge in [-0.2, -0.15) is 0 Å². The Bertz CT molecular complexity index is 69.2. The minimum Gasteiger partial charge on any atom is -0.389 e. The van der Waals surface area contributed by atoms with E-state index in [0.717, 1.165) is 0 Å². The van der Waals surface area contributed by atoms with Gasteiger partial charge in [-0.15, -0.1) is 0 Å². The van der Waals surface area contributed by atoms with Crippen molar-refractivity contribution < 1.29 is 15.3 Å². The Morgan fingerprint density at radius 2 is 2.22 bits per heavy atom. The molecule has 56 valence electrons. The SMILES string of the molecule is CC[C@H](N)[C@H](O)COO. The maximum absolute atomic E-state index is 8.91. The van der Waals surface area contributed by atoms with Gasteiger partial charge >= 0.3 is 0 Å². The quantitative estimate of drug-likeness (QED) is 0.361. The lowest BCUT2D eigenvalue weighted by Crippen LogP contribution is -2.36. The molecule has 0 aromatic heterocycles. The van der Waals surface area contributed by atoms with Crippen LogP contribution in [0.1, 0.15) is 13.3 Å². The zero-order chi connectivity index (χ0) is 7.28. The number of nitrogens with two attached hydrogens (primary N) is 1. The van der Waals surface area contributed by atoms with Crippen LogP contribution in [-0.2, 0) is 4.89 Å². The highest BCUT2D eigenvalue weighted by Crippen LogP contribution is 1.94. The molecule has 4 nitrogen and oxygen atoms in total. The summed E-state index contributed by atoms with van der Waals surface area (Å²) in [6.07, 6.45) is -0.0927. The van der Waals surface area contributed by atoms with E-state index in [1.54, 1.807) is 0 Å². The van der Waals surface area contributed by atoms with Crippen LogP contribution in [0.15, 0.2) is 0 Å². The van der Waals surface area contributed by atoms with Gasteiger partial charge in [0.1, 0.15) is 6.61 Å². The summed E-state index contributed by atoms with van der Waals surface area (Å²) in [6.45, 7) is 1.74. The van der Waals surface area contributed by atoms with Crippen molar-refractivity contribution in [1.29, 1.82) is 0 Å².